The summed E-state index contributed by atoms with van der Waals surface area (Å²) in [5.41, 5.74) is 1.52. The van der Waals surface area contributed by atoms with Crippen molar-refractivity contribution in [1.82, 2.24) is 4.57 Å². The van der Waals surface area contributed by atoms with Gasteiger partial charge in [0.25, 0.3) is 0 Å². The number of fused-ring (bicyclic) bond motifs is 3. The molecule has 11 heteroatoms. The number of thiazole rings is 1. The average molecular weight is 626 g/mol. The van der Waals surface area contributed by atoms with Crippen molar-refractivity contribution in [3.63, 3.8) is 0 Å². The molecule has 44 heavy (non-hydrogen) atoms. The topological polar surface area (TPSA) is 97.7 Å². The van der Waals surface area contributed by atoms with Crippen LogP contribution in [0.15, 0.2) is 101 Å². The van der Waals surface area contributed by atoms with E-state index in [0.717, 1.165) is 38.8 Å². The highest BCUT2D eigenvalue weighted by molar-refractivity contribution is 8.00. The van der Waals surface area contributed by atoms with E-state index in [9.17, 15) is 23.6 Å². The van der Waals surface area contributed by atoms with Crippen molar-refractivity contribution in [2.75, 3.05) is 17.3 Å². The van der Waals surface area contributed by atoms with Crippen LogP contribution in [0.4, 0.5) is 15.8 Å². The molecular weight excluding hydrogens is 602 g/mol. The normalized spacial score (nSPS) is 19.1. The van der Waals surface area contributed by atoms with Crippen LogP contribution in [0.3, 0.4) is 0 Å². The number of hydrogen-bond acceptors (Lipinski definition) is 7. The smallest absolute Gasteiger partial charge is 0.308 e. The Bertz CT molecular complexity index is 2020. The third-order valence-corrected chi connectivity index (χ3v) is 10.5. The number of amides is 3. The Kier molecular flexibility index (Phi) is 7.06. The fourth-order valence-electron chi connectivity index (χ4n) is 5.97. The van der Waals surface area contributed by atoms with Gasteiger partial charge in [0.15, 0.2) is 0 Å². The highest BCUT2D eigenvalue weighted by Gasteiger charge is 2.57. The molecule has 3 atom stereocenters. The van der Waals surface area contributed by atoms with E-state index in [1.807, 2.05) is 48.5 Å². The van der Waals surface area contributed by atoms with Gasteiger partial charge in [-0.25, -0.2) is 9.29 Å². The minimum Gasteiger partial charge on any atom is -0.496 e. The van der Waals surface area contributed by atoms with Crippen molar-refractivity contribution in [3.8, 4) is 5.75 Å². The van der Waals surface area contributed by atoms with Gasteiger partial charge < -0.3 is 10.1 Å². The third kappa shape index (κ3) is 4.68. The number of ether oxygens (including phenoxy) is 1. The van der Waals surface area contributed by atoms with Gasteiger partial charge in [0.1, 0.15) is 23.4 Å². The molecule has 5 aromatic rings. The number of nitrogens with one attached hydrogen (secondary N) is 1. The van der Waals surface area contributed by atoms with Crippen LogP contribution in [-0.2, 0) is 20.9 Å². The molecule has 3 amide bonds. The number of para-hydroxylation sites is 1. The zero-order valence-electron chi connectivity index (χ0n) is 23.2. The summed E-state index contributed by atoms with van der Waals surface area (Å²) in [7, 11) is 1.52. The first-order valence-electron chi connectivity index (χ1n) is 13.8. The van der Waals surface area contributed by atoms with Gasteiger partial charge in [0.2, 0.25) is 17.7 Å². The molecule has 1 N–H and O–H groups in total. The standard InChI is InChI=1S/C33H24FN3O5S2/c1-42-24-9-5-4-8-23(24)26-27-28(31(40)37(30(27)39)22-14-11-20(34)12-15-22)43-32-29(26)44-33(41)36(32)17-25(38)35-21-13-10-18-6-2-3-7-19(18)16-21/h2-16,26-28H,17H2,1H3,(H,35,38)/t26-,27?,28?/m1/s1. The molecule has 0 aliphatic carbocycles. The number of carbonyl (C=O) groups excluding carboxylic acids is 3. The number of nitrogens with zero attached hydrogens (tertiary/aromatic N) is 2. The number of methoxy groups -OCH3 is 1. The zero-order chi connectivity index (χ0) is 30.5. The van der Waals surface area contributed by atoms with Gasteiger partial charge in [0, 0.05) is 22.0 Å². The van der Waals surface area contributed by atoms with Crippen LogP contribution in [-0.4, -0.2) is 34.6 Å². The molecule has 0 radical (unpaired) electrons. The van der Waals surface area contributed by atoms with Crippen LogP contribution in [0.1, 0.15) is 16.4 Å². The van der Waals surface area contributed by atoms with E-state index in [2.05, 4.69) is 5.32 Å². The summed E-state index contributed by atoms with van der Waals surface area (Å²) < 4.78 is 20.7. The van der Waals surface area contributed by atoms with E-state index in [-0.39, 0.29) is 17.1 Å². The molecule has 1 aromatic heterocycles. The van der Waals surface area contributed by atoms with Crippen molar-refractivity contribution in [3.05, 3.63) is 117 Å². The van der Waals surface area contributed by atoms with E-state index in [1.165, 1.54) is 35.9 Å². The first-order valence-corrected chi connectivity index (χ1v) is 15.5. The van der Waals surface area contributed by atoms with Crippen molar-refractivity contribution in [2.24, 2.45) is 5.92 Å². The Hall–Kier alpha value is -4.74. The van der Waals surface area contributed by atoms with Gasteiger partial charge in [-0.1, -0.05) is 71.6 Å². The average Bonchev–Trinajstić information content (AvgIpc) is 3.47. The summed E-state index contributed by atoms with van der Waals surface area (Å²) in [5, 5.41) is 4.47. The molecule has 2 unspecified atom stereocenters. The minimum absolute atomic E-state index is 0.269. The van der Waals surface area contributed by atoms with Gasteiger partial charge in [-0.05, 0) is 53.2 Å². The maximum atomic E-state index is 14.0. The number of thioether (sulfide) groups is 1. The van der Waals surface area contributed by atoms with Gasteiger partial charge >= 0.3 is 4.87 Å². The number of aromatic nitrogens is 1. The summed E-state index contributed by atoms with van der Waals surface area (Å²) in [6, 6.07) is 25.7. The molecular formula is C33H24FN3O5S2. The molecule has 1 fully saturated rings. The lowest BCUT2D eigenvalue weighted by molar-refractivity contribution is -0.122. The largest absolute Gasteiger partial charge is 0.496 e. The maximum absolute atomic E-state index is 14.0. The number of benzene rings is 4. The predicted molar refractivity (Wildman–Crippen MR) is 168 cm³/mol. The number of imide groups is 1. The summed E-state index contributed by atoms with van der Waals surface area (Å²) in [6.45, 7) is -0.273. The van der Waals surface area contributed by atoms with Crippen molar-refractivity contribution in [1.29, 1.82) is 0 Å². The highest BCUT2D eigenvalue weighted by Crippen LogP contribution is 2.55. The second-order valence-electron chi connectivity index (χ2n) is 10.5. The van der Waals surface area contributed by atoms with Crippen molar-refractivity contribution < 1.29 is 23.5 Å². The Morgan fingerprint density at radius 2 is 1.64 bits per heavy atom. The summed E-state index contributed by atoms with van der Waals surface area (Å²) in [6.07, 6.45) is 0. The number of carbonyl (C=O) groups is 3. The number of hydrogen-bond donors (Lipinski definition) is 1. The Balaban J connectivity index is 1.28. The third-order valence-electron chi connectivity index (χ3n) is 7.94. The first-order chi connectivity index (χ1) is 21.3. The monoisotopic (exact) mass is 625 g/mol. The van der Waals surface area contributed by atoms with Crippen LogP contribution in [0, 0.1) is 11.7 Å². The van der Waals surface area contributed by atoms with Crippen molar-refractivity contribution in [2.45, 2.75) is 22.7 Å². The summed E-state index contributed by atoms with van der Waals surface area (Å²) >= 11 is 2.08. The second kappa shape index (κ2) is 11.1. The van der Waals surface area contributed by atoms with Crippen LogP contribution in [0.25, 0.3) is 10.8 Å². The molecule has 3 heterocycles. The van der Waals surface area contributed by atoms with Crippen LogP contribution >= 0.6 is 23.1 Å². The van der Waals surface area contributed by atoms with Crippen LogP contribution in [0.2, 0.25) is 0 Å². The van der Waals surface area contributed by atoms with Gasteiger partial charge in [-0.3, -0.25) is 23.7 Å². The SMILES string of the molecule is COc1ccccc1[C@H]1c2sc(=O)n(CC(=O)Nc3ccc4ccccc4c3)c2SC2C(=O)N(c3ccc(F)cc3)C(=O)C21. The van der Waals surface area contributed by atoms with Gasteiger partial charge in [-0.2, -0.15) is 0 Å². The van der Waals surface area contributed by atoms with E-state index < -0.39 is 40.6 Å². The second-order valence-corrected chi connectivity index (χ2v) is 12.6. The lowest BCUT2D eigenvalue weighted by Crippen LogP contribution is -2.33. The van der Waals surface area contributed by atoms with E-state index >= 15 is 0 Å². The van der Waals surface area contributed by atoms with Crippen molar-refractivity contribution >= 4 is 63.0 Å². The van der Waals surface area contributed by atoms with Crippen LogP contribution < -0.4 is 19.8 Å². The van der Waals surface area contributed by atoms with E-state index in [1.54, 1.807) is 18.2 Å². The summed E-state index contributed by atoms with van der Waals surface area (Å²) in [5.74, 6) is -2.82. The molecule has 220 valence electrons. The molecule has 8 nitrogen and oxygen atoms in total. The predicted octanol–water partition coefficient (Wildman–Crippen LogP) is 5.65. The molecule has 1 saturated heterocycles. The van der Waals surface area contributed by atoms with Gasteiger partial charge in [-0.15, -0.1) is 0 Å². The maximum Gasteiger partial charge on any atom is 0.308 e. The van der Waals surface area contributed by atoms with E-state index in [0.29, 0.717) is 26.9 Å². The Morgan fingerprint density at radius 3 is 2.41 bits per heavy atom. The lowest BCUT2D eigenvalue weighted by Gasteiger charge is -2.31. The number of anilines is 2. The molecule has 2 aliphatic heterocycles. The van der Waals surface area contributed by atoms with E-state index in [4.69, 9.17) is 4.74 Å². The Morgan fingerprint density at radius 1 is 0.909 bits per heavy atom. The van der Waals surface area contributed by atoms with Crippen LogP contribution in [0.5, 0.6) is 5.75 Å². The fourth-order valence-corrected chi connectivity index (χ4v) is 8.73. The highest BCUT2D eigenvalue weighted by atomic mass is 32.2. The molecule has 0 spiro atoms. The minimum atomic E-state index is -0.876. The Labute approximate surface area is 259 Å². The quantitative estimate of drug-likeness (QED) is 0.245. The number of rotatable bonds is 6. The van der Waals surface area contributed by atoms with Gasteiger partial charge in [0.05, 0.1) is 23.7 Å². The fraction of sp³-hybridized carbons (Fsp3) is 0.152. The lowest BCUT2D eigenvalue weighted by atomic mass is 9.82. The number of halogens is 1. The summed E-state index contributed by atoms with van der Waals surface area (Å²) in [4.78, 5) is 55.9. The first kappa shape index (κ1) is 28.1. The zero-order valence-corrected chi connectivity index (χ0v) is 24.9. The molecule has 2 aliphatic rings. The molecule has 4 aromatic carbocycles. The molecule has 0 saturated carbocycles. The molecule has 0 bridgehead atoms. The molecule has 7 rings (SSSR count).